The van der Waals surface area contributed by atoms with Crippen LogP contribution in [0.5, 0.6) is 0 Å². The summed E-state index contributed by atoms with van der Waals surface area (Å²) in [5, 5.41) is 2.39. The second-order valence-electron chi connectivity index (χ2n) is 19.1. The number of hydrogen-bond donors (Lipinski definition) is 0. The van der Waals surface area contributed by atoms with Crippen LogP contribution >= 0.6 is 0 Å². The van der Waals surface area contributed by atoms with Crippen molar-refractivity contribution < 1.29 is 0 Å². The number of hydrogen-bond acceptors (Lipinski definition) is 1. The van der Waals surface area contributed by atoms with Gasteiger partial charge in [0, 0.05) is 16.8 Å². The number of fused-ring (bicyclic) bond motifs is 11. The fourth-order valence-electron chi connectivity index (χ4n) is 12.1. The molecule has 2 aliphatic carbocycles. The highest BCUT2D eigenvalue weighted by Gasteiger charge is 2.52. The molecular formula is C71H47N. The summed E-state index contributed by atoms with van der Waals surface area (Å²) in [7, 11) is 0. The van der Waals surface area contributed by atoms with Crippen LogP contribution in [0.4, 0.5) is 17.1 Å². The first kappa shape index (κ1) is 41.7. The van der Waals surface area contributed by atoms with Gasteiger partial charge in [0.15, 0.2) is 0 Å². The lowest BCUT2D eigenvalue weighted by Gasteiger charge is -2.31. The molecule has 0 saturated heterocycles. The van der Waals surface area contributed by atoms with Gasteiger partial charge in [0.05, 0.1) is 11.1 Å². The van der Waals surface area contributed by atoms with Crippen LogP contribution in [0.1, 0.15) is 22.3 Å². The van der Waals surface area contributed by atoms with Gasteiger partial charge in [-0.25, -0.2) is 0 Å². The van der Waals surface area contributed by atoms with Gasteiger partial charge in [0.2, 0.25) is 0 Å². The fraction of sp³-hybridized carbons (Fsp3) is 0.0141. The summed E-state index contributed by atoms with van der Waals surface area (Å²) in [6.07, 6.45) is 0. The maximum absolute atomic E-state index is 2.53. The Morgan fingerprint density at radius 1 is 0.222 bits per heavy atom. The molecule has 0 aliphatic heterocycles. The van der Waals surface area contributed by atoms with Crippen molar-refractivity contribution in [2.45, 2.75) is 5.41 Å². The molecule has 336 valence electrons. The molecule has 2 aliphatic rings. The normalized spacial score (nSPS) is 12.6. The third-order valence-electron chi connectivity index (χ3n) is 15.3. The molecule has 0 bridgehead atoms. The highest BCUT2D eigenvalue weighted by molar-refractivity contribution is 6.08. The van der Waals surface area contributed by atoms with Crippen LogP contribution in [0.25, 0.3) is 88.7 Å². The topological polar surface area (TPSA) is 3.24 Å². The van der Waals surface area contributed by atoms with Crippen molar-refractivity contribution in [3.05, 3.63) is 307 Å². The largest absolute Gasteiger partial charge is 0.310 e. The average Bonchev–Trinajstić information content (AvgIpc) is 3.94. The Labute approximate surface area is 421 Å². The summed E-state index contributed by atoms with van der Waals surface area (Å²) in [6.45, 7) is 0. The molecule has 1 spiro atoms. The van der Waals surface area contributed by atoms with E-state index in [1.807, 2.05) is 0 Å². The molecule has 0 fully saturated rings. The van der Waals surface area contributed by atoms with E-state index in [4.69, 9.17) is 0 Å². The van der Waals surface area contributed by atoms with Gasteiger partial charge in [-0.3, -0.25) is 0 Å². The highest BCUT2D eigenvalue weighted by Crippen LogP contribution is 2.64. The van der Waals surface area contributed by atoms with Gasteiger partial charge < -0.3 is 4.90 Å². The van der Waals surface area contributed by atoms with Gasteiger partial charge in [-0.1, -0.05) is 249 Å². The molecule has 12 aromatic carbocycles. The fourth-order valence-corrected chi connectivity index (χ4v) is 12.1. The Morgan fingerprint density at radius 3 is 1.18 bits per heavy atom. The zero-order valence-electron chi connectivity index (χ0n) is 39.6. The summed E-state index contributed by atoms with van der Waals surface area (Å²) in [4.78, 5) is 2.42. The molecule has 0 amide bonds. The van der Waals surface area contributed by atoms with Crippen molar-refractivity contribution in [1.29, 1.82) is 0 Å². The predicted octanol–water partition coefficient (Wildman–Crippen LogP) is 19.0. The summed E-state index contributed by atoms with van der Waals surface area (Å²) < 4.78 is 0. The second-order valence-corrected chi connectivity index (χ2v) is 19.1. The summed E-state index contributed by atoms with van der Waals surface area (Å²) in [5.74, 6) is 0. The van der Waals surface area contributed by atoms with E-state index in [9.17, 15) is 0 Å². The Kier molecular flexibility index (Phi) is 9.82. The lowest BCUT2D eigenvalue weighted by atomic mass is 9.70. The van der Waals surface area contributed by atoms with Gasteiger partial charge in [-0.05, 0) is 142 Å². The van der Waals surface area contributed by atoms with Crippen molar-refractivity contribution in [3.63, 3.8) is 0 Å². The van der Waals surface area contributed by atoms with Crippen LogP contribution < -0.4 is 4.90 Å². The average molecular weight is 914 g/mol. The van der Waals surface area contributed by atoms with Crippen LogP contribution in [-0.2, 0) is 5.41 Å². The van der Waals surface area contributed by atoms with Gasteiger partial charge in [-0.15, -0.1) is 0 Å². The van der Waals surface area contributed by atoms with E-state index < -0.39 is 5.41 Å². The van der Waals surface area contributed by atoms with Crippen molar-refractivity contribution >= 4 is 27.8 Å². The third-order valence-corrected chi connectivity index (χ3v) is 15.3. The van der Waals surface area contributed by atoms with E-state index in [0.29, 0.717) is 0 Å². The highest BCUT2D eigenvalue weighted by atomic mass is 15.1. The van der Waals surface area contributed by atoms with Crippen molar-refractivity contribution in [2.24, 2.45) is 0 Å². The number of rotatable bonds is 8. The summed E-state index contributed by atoms with van der Waals surface area (Å²) in [6, 6.07) is 105. The van der Waals surface area contributed by atoms with Crippen LogP contribution in [0.3, 0.4) is 0 Å². The monoisotopic (exact) mass is 913 g/mol. The first-order valence-electron chi connectivity index (χ1n) is 25.0. The maximum atomic E-state index is 2.53. The molecule has 0 atom stereocenters. The smallest absolute Gasteiger partial charge is 0.0725 e. The molecule has 12 aromatic rings. The van der Waals surface area contributed by atoms with E-state index in [1.54, 1.807) is 0 Å². The predicted molar refractivity (Wildman–Crippen MR) is 302 cm³/mol. The molecule has 1 heteroatoms. The zero-order chi connectivity index (χ0) is 47.6. The standard InChI is InChI=1S/C71H47N/c1-4-17-48(18-5-1)51-31-33-54(34-32-51)59-27-16-30-67-70(59)64-44-39-55(47-68(64)71(67)65-28-14-12-24-61(65)62-25-13-15-29-66(62)71)58-45-46-69(63-26-11-10-23-60(58)63)72(56-40-35-52(36-41-56)49-19-6-2-7-20-49)57-42-37-53(38-43-57)50-21-8-3-9-22-50/h1-47H. The lowest BCUT2D eigenvalue weighted by Crippen LogP contribution is -2.25. The summed E-state index contributed by atoms with van der Waals surface area (Å²) in [5.41, 5.74) is 25.5. The van der Waals surface area contributed by atoms with Gasteiger partial charge in [0.25, 0.3) is 0 Å². The minimum absolute atomic E-state index is 0.502. The molecule has 0 unspecified atom stereocenters. The van der Waals surface area contributed by atoms with Crippen LogP contribution in [0, 0.1) is 0 Å². The molecule has 0 aromatic heterocycles. The SMILES string of the molecule is c1ccc(-c2ccc(-c3cccc4c3-c3ccc(-c5ccc(N(c6ccc(-c7ccccc7)cc6)c6ccc(-c7ccccc7)cc6)c6ccccc56)cc3C43c4ccccc4-c4ccccc43)cc2)cc1. The number of benzene rings is 12. The minimum atomic E-state index is -0.502. The third kappa shape index (κ3) is 6.55. The first-order valence-corrected chi connectivity index (χ1v) is 25.0. The number of anilines is 3. The molecule has 0 saturated carbocycles. The number of nitrogens with zero attached hydrogens (tertiary/aromatic N) is 1. The van der Waals surface area contributed by atoms with Crippen LogP contribution in [0.15, 0.2) is 285 Å². The maximum Gasteiger partial charge on any atom is 0.0725 e. The van der Waals surface area contributed by atoms with Crippen molar-refractivity contribution in [3.8, 4) is 77.9 Å². The van der Waals surface area contributed by atoms with E-state index in [-0.39, 0.29) is 0 Å². The van der Waals surface area contributed by atoms with E-state index in [0.717, 1.165) is 17.1 Å². The van der Waals surface area contributed by atoms with E-state index >= 15 is 0 Å². The first-order chi connectivity index (χ1) is 35.7. The molecule has 14 rings (SSSR count). The minimum Gasteiger partial charge on any atom is -0.310 e. The Hall–Kier alpha value is -9.30. The van der Waals surface area contributed by atoms with E-state index in [2.05, 4.69) is 290 Å². The molecule has 0 radical (unpaired) electrons. The Balaban J connectivity index is 0.946. The Morgan fingerprint density at radius 2 is 0.625 bits per heavy atom. The lowest BCUT2D eigenvalue weighted by molar-refractivity contribution is 0.794. The van der Waals surface area contributed by atoms with Crippen molar-refractivity contribution in [2.75, 3.05) is 4.90 Å². The van der Waals surface area contributed by atoms with E-state index in [1.165, 1.54) is 111 Å². The van der Waals surface area contributed by atoms with Crippen molar-refractivity contribution in [1.82, 2.24) is 0 Å². The zero-order valence-corrected chi connectivity index (χ0v) is 39.6. The Bertz CT molecular complexity index is 3860. The van der Waals surface area contributed by atoms with Crippen LogP contribution in [0.2, 0.25) is 0 Å². The quantitative estimate of drug-likeness (QED) is 0.147. The summed E-state index contributed by atoms with van der Waals surface area (Å²) >= 11 is 0. The molecule has 1 nitrogen and oxygen atoms in total. The molecule has 0 heterocycles. The van der Waals surface area contributed by atoms with Crippen LogP contribution in [-0.4, -0.2) is 0 Å². The molecule has 72 heavy (non-hydrogen) atoms. The molecule has 0 N–H and O–H groups in total. The second kappa shape index (κ2) is 17.0. The molecular weight excluding hydrogens is 867 g/mol. The van der Waals surface area contributed by atoms with Gasteiger partial charge in [-0.2, -0.15) is 0 Å². The van der Waals surface area contributed by atoms with Gasteiger partial charge in [0.1, 0.15) is 0 Å². The van der Waals surface area contributed by atoms with Gasteiger partial charge >= 0.3 is 0 Å².